The van der Waals surface area contributed by atoms with Crippen LogP contribution in [-0.4, -0.2) is 31.7 Å². The number of sulfonamides is 1. The molecule has 102 valence electrons. The number of hydrogen-bond acceptors (Lipinski definition) is 6. The lowest BCUT2D eigenvalue weighted by molar-refractivity contribution is 0.0606. The summed E-state index contributed by atoms with van der Waals surface area (Å²) in [4.78, 5) is 11.5. The lowest BCUT2D eigenvalue weighted by Gasteiger charge is -2.03. The molecule has 2 heterocycles. The van der Waals surface area contributed by atoms with E-state index in [1.165, 1.54) is 25.6 Å². The molecular formula is C9H8BrN3O4S2. The maximum atomic E-state index is 12.1. The van der Waals surface area contributed by atoms with Gasteiger partial charge in [0.25, 0.3) is 10.0 Å². The summed E-state index contributed by atoms with van der Waals surface area (Å²) in [5.74, 6) is -0.588. The number of carbonyl (C=O) groups excluding carboxylic acids is 1. The van der Waals surface area contributed by atoms with Gasteiger partial charge >= 0.3 is 5.97 Å². The molecule has 0 aliphatic heterocycles. The van der Waals surface area contributed by atoms with Crippen LogP contribution in [0.2, 0.25) is 0 Å². The number of thiophene rings is 1. The first-order valence-electron chi connectivity index (χ1n) is 4.83. The minimum Gasteiger partial charge on any atom is -0.465 e. The molecule has 0 aliphatic carbocycles. The predicted octanol–water partition coefficient (Wildman–Crippen LogP) is 1.82. The molecule has 0 spiro atoms. The largest absolute Gasteiger partial charge is 0.465 e. The number of methoxy groups -OCH3 is 1. The highest BCUT2D eigenvalue weighted by Crippen LogP contribution is 2.33. The first kappa shape index (κ1) is 14.0. The summed E-state index contributed by atoms with van der Waals surface area (Å²) in [6.07, 6.45) is 2.73. The highest BCUT2D eigenvalue weighted by molar-refractivity contribution is 9.11. The van der Waals surface area contributed by atoms with Gasteiger partial charge in [0, 0.05) is 6.20 Å². The van der Waals surface area contributed by atoms with E-state index in [2.05, 4.69) is 35.6 Å². The zero-order chi connectivity index (χ0) is 14.0. The smallest absolute Gasteiger partial charge is 0.348 e. The monoisotopic (exact) mass is 365 g/mol. The average Bonchev–Trinajstić information content (AvgIpc) is 2.97. The van der Waals surface area contributed by atoms with Crippen LogP contribution in [0.4, 0.5) is 5.69 Å². The van der Waals surface area contributed by atoms with E-state index >= 15 is 0 Å². The molecule has 19 heavy (non-hydrogen) atoms. The third-order valence-electron chi connectivity index (χ3n) is 2.08. The SMILES string of the molecule is COC(=O)c1cc(S(=O)(=O)Nc2cn[nH]c2)c(Br)s1. The number of ether oxygens (including phenoxy) is 1. The van der Waals surface area contributed by atoms with Gasteiger partial charge in [0.15, 0.2) is 0 Å². The van der Waals surface area contributed by atoms with E-state index < -0.39 is 16.0 Å². The first-order valence-corrected chi connectivity index (χ1v) is 7.92. The number of aromatic nitrogens is 2. The van der Waals surface area contributed by atoms with Gasteiger partial charge in [-0.05, 0) is 22.0 Å². The summed E-state index contributed by atoms with van der Waals surface area (Å²) in [6.45, 7) is 0. The Balaban J connectivity index is 2.35. The van der Waals surface area contributed by atoms with Crippen LogP contribution in [0.25, 0.3) is 0 Å². The van der Waals surface area contributed by atoms with Crippen molar-refractivity contribution in [2.45, 2.75) is 4.90 Å². The van der Waals surface area contributed by atoms with Crippen LogP contribution < -0.4 is 4.72 Å². The molecular weight excluding hydrogens is 358 g/mol. The molecule has 0 amide bonds. The number of H-pyrrole nitrogens is 1. The summed E-state index contributed by atoms with van der Waals surface area (Å²) in [5, 5.41) is 6.12. The number of hydrogen-bond donors (Lipinski definition) is 2. The van der Waals surface area contributed by atoms with E-state index in [-0.39, 0.29) is 9.77 Å². The molecule has 2 rings (SSSR count). The molecule has 0 bridgehead atoms. The number of anilines is 1. The fourth-order valence-electron chi connectivity index (χ4n) is 1.25. The van der Waals surface area contributed by atoms with Gasteiger partial charge in [-0.1, -0.05) is 0 Å². The summed E-state index contributed by atoms with van der Waals surface area (Å²) in [5.41, 5.74) is 0.303. The van der Waals surface area contributed by atoms with Crippen LogP contribution in [-0.2, 0) is 14.8 Å². The summed E-state index contributed by atoms with van der Waals surface area (Å²) in [6, 6.07) is 1.25. The van der Waals surface area contributed by atoms with Crippen molar-refractivity contribution in [3.8, 4) is 0 Å². The van der Waals surface area contributed by atoms with Crippen molar-refractivity contribution in [1.29, 1.82) is 0 Å². The van der Waals surface area contributed by atoms with Crippen LogP contribution in [0.15, 0.2) is 27.1 Å². The van der Waals surface area contributed by atoms with Crippen molar-refractivity contribution in [3.63, 3.8) is 0 Å². The van der Waals surface area contributed by atoms with Gasteiger partial charge in [-0.15, -0.1) is 11.3 Å². The second-order valence-electron chi connectivity index (χ2n) is 3.33. The number of nitrogens with one attached hydrogen (secondary N) is 2. The summed E-state index contributed by atoms with van der Waals surface area (Å²) in [7, 11) is -2.56. The zero-order valence-electron chi connectivity index (χ0n) is 9.51. The molecule has 0 fully saturated rings. The molecule has 2 N–H and O–H groups in total. The minimum atomic E-state index is -3.79. The average molecular weight is 366 g/mol. The maximum Gasteiger partial charge on any atom is 0.348 e. The highest BCUT2D eigenvalue weighted by Gasteiger charge is 2.23. The van der Waals surface area contributed by atoms with Crippen LogP contribution >= 0.6 is 27.3 Å². The Morgan fingerprint density at radius 1 is 1.58 bits per heavy atom. The summed E-state index contributed by atoms with van der Waals surface area (Å²) >= 11 is 4.11. The quantitative estimate of drug-likeness (QED) is 0.804. The van der Waals surface area contributed by atoms with E-state index in [0.29, 0.717) is 9.47 Å². The number of aromatic amines is 1. The van der Waals surface area contributed by atoms with E-state index in [1.54, 1.807) is 0 Å². The Labute approximate surface area is 121 Å². The van der Waals surface area contributed by atoms with Crippen LogP contribution in [0.5, 0.6) is 0 Å². The topological polar surface area (TPSA) is 101 Å². The van der Waals surface area contributed by atoms with Gasteiger partial charge in [-0.25, -0.2) is 13.2 Å². The van der Waals surface area contributed by atoms with Crippen molar-refractivity contribution in [3.05, 3.63) is 27.1 Å². The van der Waals surface area contributed by atoms with Gasteiger partial charge in [0.1, 0.15) is 9.77 Å². The van der Waals surface area contributed by atoms with E-state index in [4.69, 9.17) is 0 Å². The molecule has 0 unspecified atom stereocenters. The Kier molecular flexibility index (Phi) is 3.92. The van der Waals surface area contributed by atoms with Crippen molar-refractivity contribution < 1.29 is 17.9 Å². The van der Waals surface area contributed by atoms with Gasteiger partial charge in [-0.3, -0.25) is 9.82 Å². The summed E-state index contributed by atoms with van der Waals surface area (Å²) < 4.78 is 31.4. The van der Waals surface area contributed by atoms with E-state index in [0.717, 1.165) is 11.3 Å². The van der Waals surface area contributed by atoms with Crippen molar-refractivity contribution in [2.75, 3.05) is 11.8 Å². The van der Waals surface area contributed by atoms with E-state index in [1.807, 2.05) is 0 Å². The van der Waals surface area contributed by atoms with Gasteiger partial charge in [0.05, 0.1) is 22.8 Å². The molecule has 0 aliphatic rings. The maximum absolute atomic E-state index is 12.1. The standard InChI is InChI=1S/C9H8BrN3O4S2/c1-17-9(14)6-2-7(8(10)18-6)19(15,16)13-5-3-11-12-4-5/h2-4,13H,1H3,(H,11,12). The lowest BCUT2D eigenvalue weighted by Crippen LogP contribution is -2.12. The minimum absolute atomic E-state index is 0.0286. The Bertz CT molecular complexity index is 693. The van der Waals surface area contributed by atoms with E-state index in [9.17, 15) is 13.2 Å². The van der Waals surface area contributed by atoms with Crippen LogP contribution in [0.1, 0.15) is 9.67 Å². The molecule has 0 saturated heterocycles. The van der Waals surface area contributed by atoms with Crippen molar-refractivity contribution in [1.82, 2.24) is 10.2 Å². The van der Waals surface area contributed by atoms with Crippen molar-refractivity contribution in [2.24, 2.45) is 0 Å². The third kappa shape index (κ3) is 2.96. The molecule has 0 atom stereocenters. The molecule has 0 radical (unpaired) electrons. The van der Waals surface area contributed by atoms with Crippen LogP contribution in [0, 0.1) is 0 Å². The molecule has 7 nitrogen and oxygen atoms in total. The lowest BCUT2D eigenvalue weighted by atomic mass is 10.5. The molecule has 10 heteroatoms. The fourth-order valence-corrected chi connectivity index (χ4v) is 4.77. The van der Waals surface area contributed by atoms with Crippen molar-refractivity contribution >= 4 is 48.9 Å². The third-order valence-corrected chi connectivity index (χ3v) is 5.70. The fraction of sp³-hybridized carbons (Fsp3) is 0.111. The van der Waals surface area contributed by atoms with Gasteiger partial charge in [-0.2, -0.15) is 5.10 Å². The Morgan fingerprint density at radius 2 is 2.32 bits per heavy atom. The highest BCUT2D eigenvalue weighted by atomic mass is 79.9. The number of halogens is 1. The molecule has 0 aromatic carbocycles. The Hall–Kier alpha value is -1.39. The number of carbonyl (C=O) groups is 1. The Morgan fingerprint density at radius 3 is 2.89 bits per heavy atom. The molecule has 2 aromatic rings. The molecule has 0 saturated carbocycles. The number of esters is 1. The zero-order valence-corrected chi connectivity index (χ0v) is 12.7. The number of rotatable bonds is 4. The molecule has 2 aromatic heterocycles. The number of nitrogens with zero attached hydrogens (tertiary/aromatic N) is 1. The van der Waals surface area contributed by atoms with Gasteiger partial charge < -0.3 is 4.74 Å². The predicted molar refractivity (Wildman–Crippen MR) is 72.8 cm³/mol. The van der Waals surface area contributed by atoms with Gasteiger partial charge in [0.2, 0.25) is 0 Å². The normalized spacial score (nSPS) is 11.3. The first-order chi connectivity index (χ1) is 8.94. The van der Waals surface area contributed by atoms with Crippen LogP contribution in [0.3, 0.4) is 0 Å². The second kappa shape index (κ2) is 5.31. The second-order valence-corrected chi connectivity index (χ2v) is 7.35.